The van der Waals surface area contributed by atoms with E-state index in [0.29, 0.717) is 9.37 Å². The summed E-state index contributed by atoms with van der Waals surface area (Å²) in [6, 6.07) is 4.40. The van der Waals surface area contributed by atoms with Crippen LogP contribution in [0.5, 0.6) is 0 Å². The number of amides is 1. The van der Waals surface area contributed by atoms with E-state index >= 15 is 0 Å². The number of halogens is 1. The smallest absolute Gasteiger partial charge is 0.336 e. The van der Waals surface area contributed by atoms with E-state index < -0.39 is 28.6 Å². The van der Waals surface area contributed by atoms with Gasteiger partial charge in [0.15, 0.2) is 0 Å². The van der Waals surface area contributed by atoms with E-state index in [9.17, 15) is 13.8 Å². The van der Waals surface area contributed by atoms with Crippen molar-refractivity contribution in [1.29, 1.82) is 0 Å². The SMILES string of the molecule is CC(CS(=O)c1ccc(Br)c(C(=O)O)c1)C(N)=O. The number of carboxylic acids is 1. The second-order valence-electron chi connectivity index (χ2n) is 3.76. The molecule has 0 aliphatic carbocycles. The molecule has 0 aromatic heterocycles. The molecule has 1 rings (SSSR count). The molecule has 2 atom stereocenters. The Labute approximate surface area is 115 Å². The number of rotatable bonds is 5. The van der Waals surface area contributed by atoms with E-state index in [1.54, 1.807) is 13.0 Å². The van der Waals surface area contributed by atoms with Crippen LogP contribution in [0.1, 0.15) is 17.3 Å². The fraction of sp³-hybridized carbons (Fsp3) is 0.273. The van der Waals surface area contributed by atoms with Crippen LogP contribution >= 0.6 is 15.9 Å². The molecule has 0 heterocycles. The Morgan fingerprint density at radius 3 is 2.61 bits per heavy atom. The van der Waals surface area contributed by atoms with Gasteiger partial charge in [0.05, 0.1) is 16.4 Å². The second kappa shape index (κ2) is 6.10. The molecule has 0 fully saturated rings. The minimum Gasteiger partial charge on any atom is -0.478 e. The molecule has 98 valence electrons. The highest BCUT2D eigenvalue weighted by Crippen LogP contribution is 2.21. The molecule has 0 saturated heterocycles. The predicted octanol–water partition coefficient (Wildman–Crippen LogP) is 1.38. The van der Waals surface area contributed by atoms with Gasteiger partial charge in [-0.15, -0.1) is 0 Å². The average molecular weight is 334 g/mol. The highest BCUT2D eigenvalue weighted by molar-refractivity contribution is 9.10. The summed E-state index contributed by atoms with van der Waals surface area (Å²) in [6.45, 7) is 1.58. The van der Waals surface area contributed by atoms with E-state index in [4.69, 9.17) is 10.8 Å². The van der Waals surface area contributed by atoms with Crippen molar-refractivity contribution in [3.05, 3.63) is 28.2 Å². The monoisotopic (exact) mass is 333 g/mol. The molecular weight excluding hydrogens is 322 g/mol. The van der Waals surface area contributed by atoms with Crippen molar-refractivity contribution in [2.45, 2.75) is 11.8 Å². The maximum Gasteiger partial charge on any atom is 0.336 e. The van der Waals surface area contributed by atoms with E-state index in [0.717, 1.165) is 0 Å². The normalized spacial score (nSPS) is 13.9. The van der Waals surface area contributed by atoms with Gasteiger partial charge in [-0.05, 0) is 34.1 Å². The van der Waals surface area contributed by atoms with Crippen LogP contribution in [-0.4, -0.2) is 26.9 Å². The minimum absolute atomic E-state index is 0.0348. The lowest BCUT2D eigenvalue weighted by Crippen LogP contribution is -2.25. The van der Waals surface area contributed by atoms with Crippen LogP contribution in [0.2, 0.25) is 0 Å². The Bertz CT molecular complexity index is 518. The fourth-order valence-electron chi connectivity index (χ4n) is 1.22. The summed E-state index contributed by atoms with van der Waals surface area (Å²) in [4.78, 5) is 22.2. The summed E-state index contributed by atoms with van der Waals surface area (Å²) >= 11 is 3.10. The molecule has 3 N–H and O–H groups in total. The van der Waals surface area contributed by atoms with Crippen LogP contribution in [0.25, 0.3) is 0 Å². The molecule has 0 radical (unpaired) electrons. The van der Waals surface area contributed by atoms with Crippen LogP contribution in [0.15, 0.2) is 27.6 Å². The van der Waals surface area contributed by atoms with Crippen molar-refractivity contribution >= 4 is 38.6 Å². The van der Waals surface area contributed by atoms with Gasteiger partial charge in [-0.1, -0.05) is 6.92 Å². The number of carboxylic acid groups (broad SMARTS) is 1. The van der Waals surface area contributed by atoms with Crippen molar-refractivity contribution in [1.82, 2.24) is 0 Å². The Morgan fingerprint density at radius 1 is 1.50 bits per heavy atom. The van der Waals surface area contributed by atoms with Crippen molar-refractivity contribution in [3.8, 4) is 0 Å². The quantitative estimate of drug-likeness (QED) is 0.850. The van der Waals surface area contributed by atoms with Crippen LogP contribution in [0.4, 0.5) is 0 Å². The lowest BCUT2D eigenvalue weighted by Gasteiger charge is -2.08. The summed E-state index contributed by atoms with van der Waals surface area (Å²) in [7, 11) is -1.45. The molecule has 0 aliphatic heterocycles. The molecule has 7 heteroatoms. The first-order chi connectivity index (χ1) is 8.32. The van der Waals surface area contributed by atoms with E-state index in [1.165, 1.54) is 12.1 Å². The maximum absolute atomic E-state index is 11.9. The van der Waals surface area contributed by atoms with Gasteiger partial charge >= 0.3 is 5.97 Å². The Hall–Kier alpha value is -1.21. The number of aromatic carboxylic acids is 1. The summed E-state index contributed by atoms with van der Waals surface area (Å²) in [6.07, 6.45) is 0. The third-order valence-electron chi connectivity index (χ3n) is 2.32. The van der Waals surface area contributed by atoms with Crippen LogP contribution in [-0.2, 0) is 15.6 Å². The third-order valence-corrected chi connectivity index (χ3v) is 4.59. The van der Waals surface area contributed by atoms with E-state index in [2.05, 4.69) is 15.9 Å². The summed E-state index contributed by atoms with van der Waals surface area (Å²) < 4.78 is 12.4. The van der Waals surface area contributed by atoms with Gasteiger partial charge in [0.2, 0.25) is 5.91 Å². The highest BCUT2D eigenvalue weighted by atomic mass is 79.9. The zero-order valence-corrected chi connectivity index (χ0v) is 12.0. The predicted molar refractivity (Wildman–Crippen MR) is 70.7 cm³/mol. The molecule has 1 amide bonds. The lowest BCUT2D eigenvalue weighted by molar-refractivity contribution is -0.120. The van der Waals surface area contributed by atoms with Crippen LogP contribution < -0.4 is 5.73 Å². The summed E-state index contributed by atoms with van der Waals surface area (Å²) in [5.74, 6) is -2.08. The molecular formula is C11H12BrNO4S. The van der Waals surface area contributed by atoms with Gasteiger partial charge in [0.25, 0.3) is 0 Å². The standard InChI is InChI=1S/C11H12BrNO4S/c1-6(10(13)14)5-18(17)7-2-3-9(12)8(4-7)11(15)16/h2-4,6H,5H2,1H3,(H2,13,14)(H,15,16). The highest BCUT2D eigenvalue weighted by Gasteiger charge is 2.16. The molecule has 0 bridgehead atoms. The van der Waals surface area contributed by atoms with Gasteiger partial charge in [-0.25, -0.2) is 4.79 Å². The van der Waals surface area contributed by atoms with Gasteiger partial charge in [-0.3, -0.25) is 9.00 Å². The first kappa shape index (κ1) is 14.8. The number of hydrogen-bond donors (Lipinski definition) is 2. The van der Waals surface area contributed by atoms with Gasteiger partial charge in [-0.2, -0.15) is 0 Å². The molecule has 0 aliphatic rings. The summed E-state index contributed by atoms with van der Waals surface area (Å²) in [5, 5.41) is 8.94. The molecule has 5 nitrogen and oxygen atoms in total. The molecule has 2 unspecified atom stereocenters. The first-order valence-corrected chi connectivity index (χ1v) is 7.14. The number of benzene rings is 1. The fourth-order valence-corrected chi connectivity index (χ4v) is 2.91. The zero-order valence-electron chi connectivity index (χ0n) is 9.55. The second-order valence-corrected chi connectivity index (χ2v) is 6.11. The topological polar surface area (TPSA) is 97.5 Å². The van der Waals surface area contributed by atoms with Crippen LogP contribution in [0, 0.1) is 5.92 Å². The van der Waals surface area contributed by atoms with Gasteiger partial charge in [0, 0.05) is 21.0 Å². The molecule has 0 saturated carbocycles. The third kappa shape index (κ3) is 3.64. The molecule has 0 spiro atoms. The summed E-state index contributed by atoms with van der Waals surface area (Å²) in [5.41, 5.74) is 5.12. The number of primary amides is 1. The van der Waals surface area contributed by atoms with Gasteiger partial charge < -0.3 is 10.8 Å². The number of carbonyl (C=O) groups excluding carboxylic acids is 1. The maximum atomic E-state index is 11.9. The number of carbonyl (C=O) groups is 2. The number of nitrogens with two attached hydrogens (primary N) is 1. The largest absolute Gasteiger partial charge is 0.478 e. The van der Waals surface area contributed by atoms with Crippen molar-refractivity contribution in [3.63, 3.8) is 0 Å². The van der Waals surface area contributed by atoms with Crippen molar-refractivity contribution in [2.24, 2.45) is 11.7 Å². The lowest BCUT2D eigenvalue weighted by atomic mass is 10.2. The first-order valence-electron chi connectivity index (χ1n) is 5.03. The van der Waals surface area contributed by atoms with Crippen molar-refractivity contribution < 1.29 is 18.9 Å². The molecule has 1 aromatic rings. The van der Waals surface area contributed by atoms with E-state index in [1.807, 2.05) is 0 Å². The van der Waals surface area contributed by atoms with Crippen LogP contribution in [0.3, 0.4) is 0 Å². The molecule has 1 aromatic carbocycles. The Morgan fingerprint density at radius 2 is 2.11 bits per heavy atom. The number of hydrogen-bond acceptors (Lipinski definition) is 3. The van der Waals surface area contributed by atoms with Crippen molar-refractivity contribution in [2.75, 3.05) is 5.75 Å². The Kier molecular flexibility index (Phi) is 5.03. The Balaban J connectivity index is 2.97. The zero-order chi connectivity index (χ0) is 13.9. The minimum atomic E-state index is -1.45. The average Bonchev–Trinajstić information content (AvgIpc) is 2.28. The van der Waals surface area contributed by atoms with E-state index in [-0.39, 0.29) is 11.3 Å². The molecule has 18 heavy (non-hydrogen) atoms. The van der Waals surface area contributed by atoms with Gasteiger partial charge in [0.1, 0.15) is 0 Å².